The van der Waals surface area contributed by atoms with Gasteiger partial charge in [-0.1, -0.05) is 11.6 Å². The molecule has 4 nitrogen and oxygen atoms in total. The molecule has 2 aromatic heterocycles. The molecule has 1 N–H and O–H groups in total. The van der Waals surface area contributed by atoms with Gasteiger partial charge in [-0.05, 0) is 30.7 Å². The second-order valence-electron chi connectivity index (χ2n) is 4.27. The maximum absolute atomic E-state index is 12.3. The molecule has 3 rings (SSSR count). The number of rotatable bonds is 3. The molecule has 0 saturated carbocycles. The lowest BCUT2D eigenvalue weighted by Crippen LogP contribution is -1.98. The van der Waals surface area contributed by atoms with E-state index in [0.717, 1.165) is 22.2 Å². The number of nitrogens with zero attached hydrogens (tertiary/aromatic N) is 1. The highest BCUT2D eigenvalue weighted by atomic mass is 35.5. The number of aromatic nitrogens is 2. The predicted octanol–water partition coefficient (Wildman–Crippen LogP) is 3.43. The third-order valence-electron chi connectivity index (χ3n) is 2.89. The Morgan fingerprint density at radius 3 is 3.00 bits per heavy atom. The fourth-order valence-corrected chi connectivity index (χ4v) is 3.12. The number of aryl methyl sites for hydroxylation is 1. The molecule has 0 saturated heterocycles. The Morgan fingerprint density at radius 2 is 2.26 bits per heavy atom. The molecule has 98 valence electrons. The highest BCUT2D eigenvalue weighted by molar-refractivity contribution is 7.84. The van der Waals surface area contributed by atoms with Crippen molar-refractivity contribution in [3.05, 3.63) is 46.9 Å². The van der Waals surface area contributed by atoms with Crippen molar-refractivity contribution in [2.45, 2.75) is 17.8 Å². The Kier molecular flexibility index (Phi) is 3.16. The van der Waals surface area contributed by atoms with E-state index in [1.165, 1.54) is 0 Å². The number of imidazole rings is 1. The van der Waals surface area contributed by atoms with Crippen LogP contribution < -0.4 is 0 Å². The lowest BCUT2D eigenvalue weighted by molar-refractivity contribution is 0.563. The molecule has 0 aliphatic carbocycles. The molecular weight excluding hydrogens is 284 g/mol. The molecule has 6 heteroatoms. The van der Waals surface area contributed by atoms with Gasteiger partial charge in [-0.3, -0.25) is 4.21 Å². The highest BCUT2D eigenvalue weighted by Crippen LogP contribution is 2.20. The summed E-state index contributed by atoms with van der Waals surface area (Å²) in [6, 6.07) is 5.34. The molecule has 0 amide bonds. The van der Waals surface area contributed by atoms with Gasteiger partial charge in [-0.15, -0.1) is 0 Å². The Bertz CT molecular complexity index is 763. The SMILES string of the molecule is Cc1cocc1CS(=O)c1nc2ccc(Cl)cc2[nH]1. The summed E-state index contributed by atoms with van der Waals surface area (Å²) in [6.07, 6.45) is 3.26. The fraction of sp³-hybridized carbons (Fsp3) is 0.154. The highest BCUT2D eigenvalue weighted by Gasteiger charge is 2.13. The minimum absolute atomic E-state index is 0.385. The molecule has 2 heterocycles. The molecule has 1 aromatic carbocycles. The number of aromatic amines is 1. The molecular formula is C13H11ClN2O2S. The van der Waals surface area contributed by atoms with E-state index in [9.17, 15) is 4.21 Å². The first-order valence-corrected chi connectivity index (χ1v) is 7.38. The van der Waals surface area contributed by atoms with Gasteiger partial charge < -0.3 is 9.40 Å². The summed E-state index contributed by atoms with van der Waals surface area (Å²) < 4.78 is 17.3. The minimum Gasteiger partial charge on any atom is -0.472 e. The van der Waals surface area contributed by atoms with Gasteiger partial charge >= 0.3 is 0 Å². The number of hydrogen-bond donors (Lipinski definition) is 1. The quantitative estimate of drug-likeness (QED) is 0.805. The third-order valence-corrected chi connectivity index (χ3v) is 4.32. The lowest BCUT2D eigenvalue weighted by atomic mass is 10.2. The molecule has 0 radical (unpaired) electrons. The van der Waals surface area contributed by atoms with Crippen LogP contribution in [0.5, 0.6) is 0 Å². The van der Waals surface area contributed by atoms with Crippen molar-refractivity contribution in [2.24, 2.45) is 0 Å². The maximum Gasteiger partial charge on any atom is 0.197 e. The van der Waals surface area contributed by atoms with Crippen LogP contribution in [0.15, 0.2) is 40.3 Å². The van der Waals surface area contributed by atoms with Gasteiger partial charge in [0, 0.05) is 10.6 Å². The topological polar surface area (TPSA) is 58.9 Å². The smallest absolute Gasteiger partial charge is 0.197 e. The van der Waals surface area contributed by atoms with Gasteiger partial charge in [-0.2, -0.15) is 0 Å². The second-order valence-corrected chi connectivity index (χ2v) is 6.08. The fourth-order valence-electron chi connectivity index (χ4n) is 1.81. The summed E-state index contributed by atoms with van der Waals surface area (Å²) in [5.41, 5.74) is 3.47. The van der Waals surface area contributed by atoms with Crippen molar-refractivity contribution < 1.29 is 8.63 Å². The zero-order valence-corrected chi connectivity index (χ0v) is 11.7. The maximum atomic E-state index is 12.3. The van der Waals surface area contributed by atoms with Gasteiger partial charge in [0.1, 0.15) is 0 Å². The van der Waals surface area contributed by atoms with Crippen LogP contribution in [0.4, 0.5) is 0 Å². The first kappa shape index (κ1) is 12.4. The molecule has 0 aliphatic rings. The standard InChI is InChI=1S/C13H11ClN2O2S/c1-8-5-18-6-9(8)7-19(17)13-15-11-3-2-10(14)4-12(11)16-13/h2-6H,7H2,1H3,(H,15,16). The number of H-pyrrole nitrogens is 1. The van der Waals surface area contributed by atoms with Gasteiger partial charge in [0.15, 0.2) is 5.16 Å². The van der Waals surface area contributed by atoms with Crippen molar-refractivity contribution in [2.75, 3.05) is 0 Å². The van der Waals surface area contributed by atoms with Crippen LogP contribution in [0, 0.1) is 6.92 Å². The molecule has 0 fully saturated rings. The van der Waals surface area contributed by atoms with Crippen LogP contribution in [-0.2, 0) is 16.6 Å². The number of benzene rings is 1. The number of furan rings is 1. The van der Waals surface area contributed by atoms with E-state index in [4.69, 9.17) is 16.0 Å². The summed E-state index contributed by atoms with van der Waals surface area (Å²) in [6.45, 7) is 1.93. The van der Waals surface area contributed by atoms with Crippen molar-refractivity contribution in [3.8, 4) is 0 Å². The average Bonchev–Trinajstić information content (AvgIpc) is 2.96. The Morgan fingerprint density at radius 1 is 1.42 bits per heavy atom. The van der Waals surface area contributed by atoms with Crippen LogP contribution in [0.1, 0.15) is 11.1 Å². The zero-order valence-electron chi connectivity index (χ0n) is 10.1. The summed E-state index contributed by atoms with van der Waals surface area (Å²) in [5, 5.41) is 1.08. The van der Waals surface area contributed by atoms with Gasteiger partial charge in [-0.25, -0.2) is 4.98 Å². The van der Waals surface area contributed by atoms with Gasteiger partial charge in [0.2, 0.25) is 0 Å². The first-order valence-electron chi connectivity index (χ1n) is 5.69. The molecule has 3 aromatic rings. The van der Waals surface area contributed by atoms with E-state index >= 15 is 0 Å². The summed E-state index contributed by atoms with van der Waals surface area (Å²) >= 11 is 5.91. The Labute approximate surface area is 117 Å². The molecule has 1 atom stereocenters. The van der Waals surface area contributed by atoms with Gasteiger partial charge in [0.25, 0.3) is 0 Å². The molecule has 0 spiro atoms. The molecule has 0 aliphatic heterocycles. The first-order chi connectivity index (χ1) is 9.13. The number of halogens is 1. The number of fused-ring (bicyclic) bond motifs is 1. The van der Waals surface area contributed by atoms with Crippen molar-refractivity contribution in [1.82, 2.24) is 9.97 Å². The molecule has 19 heavy (non-hydrogen) atoms. The van der Waals surface area contributed by atoms with Crippen molar-refractivity contribution in [3.63, 3.8) is 0 Å². The normalized spacial score (nSPS) is 12.9. The van der Waals surface area contributed by atoms with Gasteiger partial charge in [0.05, 0.1) is 40.1 Å². The van der Waals surface area contributed by atoms with Crippen LogP contribution in [-0.4, -0.2) is 14.2 Å². The van der Waals surface area contributed by atoms with Crippen LogP contribution in [0.3, 0.4) is 0 Å². The van der Waals surface area contributed by atoms with Crippen molar-refractivity contribution >= 4 is 33.4 Å². The largest absolute Gasteiger partial charge is 0.472 e. The summed E-state index contributed by atoms with van der Waals surface area (Å²) in [4.78, 5) is 7.36. The van der Waals surface area contributed by atoms with Crippen LogP contribution >= 0.6 is 11.6 Å². The van der Waals surface area contributed by atoms with Crippen LogP contribution in [0.25, 0.3) is 11.0 Å². The average molecular weight is 295 g/mol. The zero-order chi connectivity index (χ0) is 13.4. The third kappa shape index (κ3) is 2.43. The van der Waals surface area contributed by atoms with E-state index in [2.05, 4.69) is 9.97 Å². The van der Waals surface area contributed by atoms with E-state index < -0.39 is 10.8 Å². The molecule has 0 bridgehead atoms. The van der Waals surface area contributed by atoms with Crippen molar-refractivity contribution in [1.29, 1.82) is 0 Å². The van der Waals surface area contributed by atoms with E-state index in [1.807, 2.05) is 6.92 Å². The summed E-state index contributed by atoms with van der Waals surface area (Å²) in [5.74, 6) is 0.385. The summed E-state index contributed by atoms with van der Waals surface area (Å²) in [7, 11) is -1.23. The van der Waals surface area contributed by atoms with E-state index in [1.54, 1.807) is 30.7 Å². The number of nitrogens with one attached hydrogen (secondary N) is 1. The van der Waals surface area contributed by atoms with Crippen LogP contribution in [0.2, 0.25) is 5.02 Å². The Hall–Kier alpha value is -1.59. The monoisotopic (exact) mass is 294 g/mol. The van der Waals surface area contributed by atoms with E-state index in [-0.39, 0.29) is 0 Å². The lowest BCUT2D eigenvalue weighted by Gasteiger charge is -1.96. The Balaban J connectivity index is 1.91. The van der Waals surface area contributed by atoms with E-state index in [0.29, 0.717) is 15.9 Å². The number of hydrogen-bond acceptors (Lipinski definition) is 3. The molecule has 1 unspecified atom stereocenters. The predicted molar refractivity (Wildman–Crippen MR) is 74.7 cm³/mol. The minimum atomic E-state index is -1.23. The second kappa shape index (κ2) is 4.83.